The zero-order valence-corrected chi connectivity index (χ0v) is 12.8. The molecule has 0 spiro atoms. The minimum atomic E-state index is 0.351. The van der Waals surface area contributed by atoms with Crippen molar-refractivity contribution in [1.29, 1.82) is 0 Å². The fourth-order valence-electron chi connectivity index (χ4n) is 2.34. The summed E-state index contributed by atoms with van der Waals surface area (Å²) in [5.41, 5.74) is 0. The predicted octanol–water partition coefficient (Wildman–Crippen LogP) is 0.700. The van der Waals surface area contributed by atoms with Crippen LogP contribution in [-0.2, 0) is 0 Å². The van der Waals surface area contributed by atoms with Crippen LogP contribution in [0.1, 0.15) is 13.8 Å². The van der Waals surface area contributed by atoms with E-state index in [1.54, 1.807) is 14.2 Å². The molecule has 112 valence electrons. The number of piperazine rings is 1. The lowest BCUT2D eigenvalue weighted by Gasteiger charge is -2.35. The first-order valence-corrected chi connectivity index (χ1v) is 7.07. The Bertz CT molecular complexity index is 409. The van der Waals surface area contributed by atoms with E-state index in [4.69, 9.17) is 4.74 Å². The number of ether oxygens (including phenoxy) is 1. The Morgan fingerprint density at radius 2 is 1.85 bits per heavy atom. The van der Waals surface area contributed by atoms with Gasteiger partial charge in [-0.2, -0.15) is 15.0 Å². The van der Waals surface area contributed by atoms with Crippen LogP contribution in [0.3, 0.4) is 0 Å². The van der Waals surface area contributed by atoms with Crippen LogP contribution in [0.2, 0.25) is 0 Å². The van der Waals surface area contributed by atoms with Crippen LogP contribution in [-0.4, -0.2) is 66.7 Å². The van der Waals surface area contributed by atoms with Gasteiger partial charge in [0.15, 0.2) is 0 Å². The fourth-order valence-corrected chi connectivity index (χ4v) is 2.34. The molecule has 1 aromatic heterocycles. The minimum Gasteiger partial charge on any atom is -0.467 e. The van der Waals surface area contributed by atoms with Crippen molar-refractivity contribution in [3.05, 3.63) is 0 Å². The van der Waals surface area contributed by atoms with Gasteiger partial charge in [-0.1, -0.05) is 13.8 Å². The summed E-state index contributed by atoms with van der Waals surface area (Å²) in [7, 11) is 3.36. The second-order valence-corrected chi connectivity index (χ2v) is 5.38. The van der Waals surface area contributed by atoms with Gasteiger partial charge in [-0.3, -0.25) is 4.90 Å². The lowest BCUT2D eigenvalue weighted by molar-refractivity contribution is 0.230. The van der Waals surface area contributed by atoms with Crippen LogP contribution in [0.15, 0.2) is 0 Å². The Balaban J connectivity index is 2.02. The molecule has 1 aromatic rings. The maximum absolute atomic E-state index is 5.12. The van der Waals surface area contributed by atoms with E-state index in [2.05, 4.69) is 43.9 Å². The van der Waals surface area contributed by atoms with Crippen molar-refractivity contribution in [3.63, 3.8) is 0 Å². The highest BCUT2D eigenvalue weighted by Gasteiger charge is 2.20. The van der Waals surface area contributed by atoms with E-state index >= 15 is 0 Å². The number of hydrogen-bond donors (Lipinski definition) is 1. The molecule has 2 heterocycles. The van der Waals surface area contributed by atoms with Crippen molar-refractivity contribution < 1.29 is 4.74 Å². The molecule has 1 fully saturated rings. The molecule has 0 aliphatic carbocycles. The lowest BCUT2D eigenvalue weighted by Crippen LogP contribution is -2.48. The molecular weight excluding hydrogens is 256 g/mol. The Morgan fingerprint density at radius 3 is 2.40 bits per heavy atom. The van der Waals surface area contributed by atoms with Gasteiger partial charge < -0.3 is 15.0 Å². The Morgan fingerprint density at radius 1 is 1.15 bits per heavy atom. The zero-order chi connectivity index (χ0) is 14.5. The molecule has 20 heavy (non-hydrogen) atoms. The van der Waals surface area contributed by atoms with Gasteiger partial charge in [-0.05, 0) is 5.92 Å². The molecule has 2 rings (SSSR count). The molecule has 0 aromatic carbocycles. The van der Waals surface area contributed by atoms with Crippen LogP contribution in [0, 0.1) is 5.92 Å². The average molecular weight is 280 g/mol. The first-order valence-electron chi connectivity index (χ1n) is 7.07. The van der Waals surface area contributed by atoms with Crippen LogP contribution in [0.5, 0.6) is 6.01 Å². The SMILES string of the molecule is CNc1nc(OC)nc(N2CCN(CC(C)C)CC2)n1. The van der Waals surface area contributed by atoms with Crippen molar-refractivity contribution in [3.8, 4) is 6.01 Å². The molecule has 1 aliphatic heterocycles. The zero-order valence-electron chi connectivity index (χ0n) is 12.8. The average Bonchev–Trinajstić information content (AvgIpc) is 2.46. The van der Waals surface area contributed by atoms with E-state index in [-0.39, 0.29) is 0 Å². The quantitative estimate of drug-likeness (QED) is 0.851. The third-order valence-corrected chi connectivity index (χ3v) is 3.29. The number of rotatable bonds is 5. The summed E-state index contributed by atoms with van der Waals surface area (Å²) in [6, 6.07) is 0.351. The summed E-state index contributed by atoms with van der Waals surface area (Å²) < 4.78 is 5.12. The highest BCUT2D eigenvalue weighted by Crippen LogP contribution is 2.16. The number of aromatic nitrogens is 3. The standard InChI is InChI=1S/C13H24N6O/c1-10(2)9-18-5-7-19(8-6-18)12-15-11(14-3)16-13(17-12)20-4/h10H,5-9H2,1-4H3,(H,14,15,16,17). The largest absolute Gasteiger partial charge is 0.467 e. The predicted molar refractivity (Wildman–Crippen MR) is 79.4 cm³/mol. The summed E-state index contributed by atoms with van der Waals surface area (Å²) in [4.78, 5) is 17.5. The molecule has 1 aliphatic rings. The Kier molecular flexibility index (Phi) is 4.94. The highest BCUT2D eigenvalue weighted by atomic mass is 16.5. The summed E-state index contributed by atoms with van der Waals surface area (Å²) in [5.74, 6) is 1.93. The van der Waals surface area contributed by atoms with Gasteiger partial charge in [0, 0.05) is 39.8 Å². The van der Waals surface area contributed by atoms with Gasteiger partial charge in [0.2, 0.25) is 11.9 Å². The molecule has 0 atom stereocenters. The monoisotopic (exact) mass is 280 g/mol. The third-order valence-electron chi connectivity index (χ3n) is 3.29. The first kappa shape index (κ1) is 14.8. The first-order chi connectivity index (χ1) is 9.62. The number of nitrogens with zero attached hydrogens (tertiary/aromatic N) is 5. The molecule has 0 unspecified atom stereocenters. The summed E-state index contributed by atoms with van der Waals surface area (Å²) >= 11 is 0. The van der Waals surface area contributed by atoms with Crippen molar-refractivity contribution in [1.82, 2.24) is 19.9 Å². The highest BCUT2D eigenvalue weighted by molar-refractivity contribution is 5.38. The van der Waals surface area contributed by atoms with Gasteiger partial charge >= 0.3 is 6.01 Å². The van der Waals surface area contributed by atoms with E-state index in [0.717, 1.165) is 32.7 Å². The molecule has 1 N–H and O–H groups in total. The number of methoxy groups -OCH3 is 1. The minimum absolute atomic E-state index is 0.351. The van der Waals surface area contributed by atoms with Crippen molar-refractivity contribution >= 4 is 11.9 Å². The van der Waals surface area contributed by atoms with E-state index in [1.165, 1.54) is 0 Å². The number of hydrogen-bond acceptors (Lipinski definition) is 7. The molecule has 0 bridgehead atoms. The maximum atomic E-state index is 5.12. The Labute approximate surface area is 120 Å². The molecule has 1 saturated heterocycles. The molecule has 7 heteroatoms. The second-order valence-electron chi connectivity index (χ2n) is 5.38. The van der Waals surface area contributed by atoms with E-state index < -0.39 is 0 Å². The van der Waals surface area contributed by atoms with E-state index in [1.807, 2.05) is 0 Å². The van der Waals surface area contributed by atoms with E-state index in [9.17, 15) is 0 Å². The summed E-state index contributed by atoms with van der Waals surface area (Å²) in [6.07, 6.45) is 0. The molecular formula is C13H24N6O. The van der Waals surface area contributed by atoms with Crippen molar-refractivity contribution in [2.45, 2.75) is 13.8 Å². The maximum Gasteiger partial charge on any atom is 0.322 e. The van der Waals surface area contributed by atoms with Crippen LogP contribution >= 0.6 is 0 Å². The van der Waals surface area contributed by atoms with E-state index in [0.29, 0.717) is 23.8 Å². The fraction of sp³-hybridized carbons (Fsp3) is 0.769. The van der Waals surface area contributed by atoms with Crippen molar-refractivity contribution in [2.24, 2.45) is 5.92 Å². The van der Waals surface area contributed by atoms with Crippen LogP contribution in [0.4, 0.5) is 11.9 Å². The van der Waals surface area contributed by atoms with Crippen molar-refractivity contribution in [2.75, 3.05) is 57.1 Å². The molecule has 0 saturated carbocycles. The van der Waals surface area contributed by atoms with Gasteiger partial charge in [0.1, 0.15) is 0 Å². The van der Waals surface area contributed by atoms with Gasteiger partial charge in [-0.25, -0.2) is 0 Å². The topological polar surface area (TPSA) is 66.4 Å². The van der Waals surface area contributed by atoms with Crippen LogP contribution < -0.4 is 15.0 Å². The molecule has 0 amide bonds. The van der Waals surface area contributed by atoms with Crippen LogP contribution in [0.25, 0.3) is 0 Å². The summed E-state index contributed by atoms with van der Waals surface area (Å²) in [6.45, 7) is 9.61. The normalized spacial score (nSPS) is 16.6. The Hall–Kier alpha value is -1.63. The van der Waals surface area contributed by atoms with Gasteiger partial charge in [-0.15, -0.1) is 0 Å². The second kappa shape index (κ2) is 6.69. The van der Waals surface area contributed by atoms with Gasteiger partial charge in [0.25, 0.3) is 0 Å². The van der Waals surface area contributed by atoms with Gasteiger partial charge in [0.05, 0.1) is 7.11 Å². The molecule has 7 nitrogen and oxygen atoms in total. The number of nitrogens with one attached hydrogen (secondary N) is 1. The smallest absolute Gasteiger partial charge is 0.322 e. The lowest BCUT2D eigenvalue weighted by atomic mass is 10.2. The molecule has 0 radical (unpaired) electrons. The summed E-state index contributed by atoms with van der Waals surface area (Å²) in [5, 5.41) is 2.94. The number of anilines is 2. The third kappa shape index (κ3) is 3.69.